The van der Waals surface area contributed by atoms with E-state index < -0.39 is 11.6 Å². The van der Waals surface area contributed by atoms with Crippen molar-refractivity contribution in [3.63, 3.8) is 0 Å². The van der Waals surface area contributed by atoms with Crippen LogP contribution in [-0.2, 0) is 32.9 Å². The molecule has 138 valence electrons. The summed E-state index contributed by atoms with van der Waals surface area (Å²) in [4.78, 5) is 16.2. The molecule has 0 bridgehead atoms. The molecule has 0 spiro atoms. The number of aromatic nitrogens is 1. The maximum atomic E-state index is 12.8. The van der Waals surface area contributed by atoms with Gasteiger partial charge in [0, 0.05) is 5.39 Å². The van der Waals surface area contributed by atoms with E-state index in [9.17, 15) is 15.2 Å². The highest BCUT2D eigenvalue weighted by atomic mass is 16.6. The average Bonchev–Trinajstić information content (AvgIpc) is 3.04. The van der Waals surface area contributed by atoms with Gasteiger partial charge in [-0.25, -0.2) is 4.79 Å². The number of H-pyrrole nitrogens is 1. The van der Waals surface area contributed by atoms with Crippen molar-refractivity contribution in [3.05, 3.63) is 34.0 Å². The molecular weight excluding hydrogens is 332 g/mol. The van der Waals surface area contributed by atoms with Gasteiger partial charge in [-0.15, -0.1) is 0 Å². The van der Waals surface area contributed by atoms with E-state index in [2.05, 4.69) is 11.1 Å². The first-order valence-electron chi connectivity index (χ1n) is 9.03. The third kappa shape index (κ3) is 2.59. The van der Waals surface area contributed by atoms with Crippen LogP contribution in [0, 0.1) is 18.3 Å². The summed E-state index contributed by atoms with van der Waals surface area (Å²) in [6, 6.07) is 3.96. The molecule has 0 fully saturated rings. The zero-order valence-electron chi connectivity index (χ0n) is 15.4. The number of carbonyl (C=O) groups excluding carboxylic acids is 1. The predicted molar refractivity (Wildman–Crippen MR) is 96.5 cm³/mol. The third-order valence-corrected chi connectivity index (χ3v) is 5.15. The lowest BCUT2D eigenvalue weighted by atomic mass is 9.86. The Balaban J connectivity index is 2.34. The molecule has 2 aromatic rings. The van der Waals surface area contributed by atoms with Gasteiger partial charge in [0.15, 0.2) is 0 Å². The minimum absolute atomic E-state index is 0.144. The Hall–Kier alpha value is -2.36. The van der Waals surface area contributed by atoms with Gasteiger partial charge in [-0.2, -0.15) is 5.26 Å². The summed E-state index contributed by atoms with van der Waals surface area (Å²) in [7, 11) is 0. The molecule has 1 aliphatic rings. The Morgan fingerprint density at radius 1 is 1.50 bits per heavy atom. The van der Waals surface area contributed by atoms with Crippen LogP contribution in [0.4, 0.5) is 0 Å². The van der Waals surface area contributed by atoms with E-state index in [0.29, 0.717) is 36.3 Å². The lowest BCUT2D eigenvalue weighted by Crippen LogP contribution is -2.44. The largest absolute Gasteiger partial charge is 0.464 e. The standard InChI is InChI=1S/C20H24N2O4/c1-4-7-20(19(24)25-5-2)18-15(6-8-26-20)16-13(10-21)9-14(11-23)12(3)17(16)22-18/h9,22-23H,4-8,11H2,1-3H3. The van der Waals surface area contributed by atoms with Gasteiger partial charge in [0.2, 0.25) is 5.60 Å². The first kappa shape index (κ1) is 18.4. The Labute approximate surface area is 152 Å². The van der Waals surface area contributed by atoms with E-state index in [4.69, 9.17) is 9.47 Å². The number of hydrogen-bond acceptors (Lipinski definition) is 5. The van der Waals surface area contributed by atoms with E-state index in [0.717, 1.165) is 28.5 Å². The normalized spacial score (nSPS) is 19.2. The summed E-state index contributed by atoms with van der Waals surface area (Å²) in [5, 5.41) is 20.1. The zero-order chi connectivity index (χ0) is 18.9. The van der Waals surface area contributed by atoms with Crippen molar-refractivity contribution in [3.8, 4) is 6.07 Å². The molecule has 2 heterocycles. The highest BCUT2D eigenvalue weighted by molar-refractivity contribution is 5.95. The number of nitriles is 1. The fourth-order valence-electron chi connectivity index (χ4n) is 3.94. The van der Waals surface area contributed by atoms with Crippen LogP contribution in [0.3, 0.4) is 0 Å². The number of aliphatic hydroxyl groups excluding tert-OH is 1. The number of nitrogens with one attached hydrogen (secondary N) is 1. The second-order valence-electron chi connectivity index (χ2n) is 6.60. The van der Waals surface area contributed by atoms with Crippen molar-refractivity contribution in [1.29, 1.82) is 5.26 Å². The van der Waals surface area contributed by atoms with Crippen LogP contribution >= 0.6 is 0 Å². The number of hydrogen-bond donors (Lipinski definition) is 2. The second-order valence-corrected chi connectivity index (χ2v) is 6.60. The monoisotopic (exact) mass is 356 g/mol. The highest BCUT2D eigenvalue weighted by Gasteiger charge is 2.48. The van der Waals surface area contributed by atoms with Gasteiger partial charge in [-0.05, 0) is 49.4 Å². The highest BCUT2D eigenvalue weighted by Crippen LogP contribution is 2.43. The molecule has 0 saturated heterocycles. The third-order valence-electron chi connectivity index (χ3n) is 5.15. The van der Waals surface area contributed by atoms with Crippen LogP contribution in [0.5, 0.6) is 0 Å². The molecule has 0 saturated carbocycles. The molecule has 1 atom stereocenters. The van der Waals surface area contributed by atoms with Crippen molar-refractivity contribution in [2.75, 3.05) is 13.2 Å². The quantitative estimate of drug-likeness (QED) is 0.803. The molecule has 3 rings (SSSR count). The number of rotatable bonds is 5. The Morgan fingerprint density at radius 2 is 2.27 bits per heavy atom. The minimum Gasteiger partial charge on any atom is -0.464 e. The summed E-state index contributed by atoms with van der Waals surface area (Å²) in [6.45, 7) is 6.21. The number of nitrogens with zero attached hydrogens (tertiary/aromatic N) is 1. The average molecular weight is 356 g/mol. The number of ether oxygens (including phenoxy) is 2. The van der Waals surface area contributed by atoms with Gasteiger partial charge in [0.25, 0.3) is 0 Å². The number of benzene rings is 1. The maximum absolute atomic E-state index is 12.8. The summed E-state index contributed by atoms with van der Waals surface area (Å²) in [6.07, 6.45) is 1.87. The van der Waals surface area contributed by atoms with Gasteiger partial charge in [0.05, 0.1) is 42.7 Å². The van der Waals surface area contributed by atoms with Crippen LogP contribution in [0.15, 0.2) is 6.07 Å². The van der Waals surface area contributed by atoms with Crippen molar-refractivity contribution in [2.45, 2.75) is 52.2 Å². The topological polar surface area (TPSA) is 95.3 Å². The van der Waals surface area contributed by atoms with Crippen LogP contribution in [0.2, 0.25) is 0 Å². The van der Waals surface area contributed by atoms with E-state index >= 15 is 0 Å². The van der Waals surface area contributed by atoms with Crippen LogP contribution in [0.1, 0.15) is 54.6 Å². The van der Waals surface area contributed by atoms with Crippen LogP contribution < -0.4 is 0 Å². The van der Waals surface area contributed by atoms with Crippen molar-refractivity contribution in [1.82, 2.24) is 4.98 Å². The molecule has 1 unspecified atom stereocenters. The molecule has 26 heavy (non-hydrogen) atoms. The number of aromatic amines is 1. The summed E-state index contributed by atoms with van der Waals surface area (Å²) < 4.78 is 11.3. The van der Waals surface area contributed by atoms with E-state index in [-0.39, 0.29) is 13.2 Å². The smallest absolute Gasteiger partial charge is 0.344 e. The van der Waals surface area contributed by atoms with Crippen molar-refractivity contribution in [2.24, 2.45) is 0 Å². The van der Waals surface area contributed by atoms with E-state index in [1.165, 1.54) is 0 Å². The number of aryl methyl sites for hydroxylation is 1. The molecule has 1 aromatic carbocycles. The second kappa shape index (κ2) is 7.10. The maximum Gasteiger partial charge on any atom is 0.344 e. The molecule has 0 aliphatic carbocycles. The first-order valence-corrected chi connectivity index (χ1v) is 9.03. The zero-order valence-corrected chi connectivity index (χ0v) is 15.4. The van der Waals surface area contributed by atoms with Gasteiger partial charge < -0.3 is 19.6 Å². The molecule has 6 heteroatoms. The lowest BCUT2D eigenvalue weighted by molar-refractivity contribution is -0.178. The van der Waals surface area contributed by atoms with Crippen LogP contribution in [0.25, 0.3) is 10.9 Å². The van der Waals surface area contributed by atoms with E-state index in [1.54, 1.807) is 13.0 Å². The summed E-state index contributed by atoms with van der Waals surface area (Å²) >= 11 is 0. The summed E-state index contributed by atoms with van der Waals surface area (Å²) in [5.41, 5.74) is 3.33. The van der Waals surface area contributed by atoms with Crippen molar-refractivity contribution >= 4 is 16.9 Å². The molecule has 6 nitrogen and oxygen atoms in total. The number of esters is 1. The number of aliphatic hydroxyl groups is 1. The SMILES string of the molecule is CCCC1(C(=O)OCC)OCCc2c1[nH]c1c(C)c(CO)cc(C#N)c21. The van der Waals surface area contributed by atoms with Crippen LogP contribution in [-0.4, -0.2) is 29.3 Å². The van der Waals surface area contributed by atoms with Gasteiger partial charge in [-0.3, -0.25) is 0 Å². The molecule has 1 aliphatic heterocycles. The lowest BCUT2D eigenvalue weighted by Gasteiger charge is -2.35. The Morgan fingerprint density at radius 3 is 2.88 bits per heavy atom. The molecule has 1 aromatic heterocycles. The minimum atomic E-state index is -1.17. The van der Waals surface area contributed by atoms with Gasteiger partial charge in [-0.1, -0.05) is 13.3 Å². The molecule has 0 amide bonds. The van der Waals surface area contributed by atoms with Gasteiger partial charge >= 0.3 is 5.97 Å². The number of carbonyl (C=O) groups is 1. The summed E-state index contributed by atoms with van der Waals surface area (Å²) in [5.74, 6) is -0.395. The molecule has 0 radical (unpaired) electrons. The molecular formula is C20H24N2O4. The Bertz CT molecular complexity index is 894. The molecule has 2 N–H and O–H groups in total. The fourth-order valence-corrected chi connectivity index (χ4v) is 3.94. The van der Waals surface area contributed by atoms with Gasteiger partial charge in [0.1, 0.15) is 0 Å². The predicted octanol–water partition coefficient (Wildman–Crippen LogP) is 2.97. The van der Waals surface area contributed by atoms with E-state index in [1.807, 2.05) is 13.8 Å². The number of fused-ring (bicyclic) bond motifs is 3. The fraction of sp³-hybridized carbons (Fsp3) is 0.500. The first-order chi connectivity index (χ1) is 12.5. The Kier molecular flexibility index (Phi) is 5.03. The van der Waals surface area contributed by atoms with Crippen molar-refractivity contribution < 1.29 is 19.4 Å².